The molecule has 2 N–H and O–H groups in total. The predicted molar refractivity (Wildman–Crippen MR) is 73.7 cm³/mol. The van der Waals surface area contributed by atoms with E-state index in [9.17, 15) is 0 Å². The second-order valence-corrected chi connectivity index (χ2v) is 6.46. The van der Waals surface area contributed by atoms with Gasteiger partial charge in [-0.15, -0.1) is 0 Å². The number of nitrogens with one attached hydrogen (secondary N) is 2. The van der Waals surface area contributed by atoms with E-state index in [0.717, 1.165) is 31.2 Å². The van der Waals surface area contributed by atoms with Crippen LogP contribution in [0.25, 0.3) is 0 Å². The zero-order chi connectivity index (χ0) is 12.2. The van der Waals surface area contributed by atoms with Crippen molar-refractivity contribution in [2.75, 3.05) is 19.7 Å². The minimum absolute atomic E-state index is 0.489. The van der Waals surface area contributed by atoms with Crippen molar-refractivity contribution in [1.29, 1.82) is 0 Å². The number of hydrogen-bond donors (Lipinski definition) is 2. The summed E-state index contributed by atoms with van der Waals surface area (Å²) in [6.45, 7) is 3.23. The zero-order valence-electron chi connectivity index (χ0n) is 11.5. The maximum Gasteiger partial charge on any atom is 0.0699 e. The number of rotatable bonds is 5. The predicted octanol–water partition coefficient (Wildman–Crippen LogP) is 2.07. The molecule has 3 heterocycles. The molecule has 0 radical (unpaired) electrons. The van der Waals surface area contributed by atoms with E-state index in [0.29, 0.717) is 6.10 Å². The van der Waals surface area contributed by atoms with Crippen LogP contribution in [0.3, 0.4) is 0 Å². The third-order valence-corrected chi connectivity index (χ3v) is 4.95. The summed E-state index contributed by atoms with van der Waals surface area (Å²) in [6, 6.07) is 1.69. The Labute approximate surface area is 111 Å². The van der Waals surface area contributed by atoms with E-state index in [1.807, 2.05) is 0 Å². The number of fused-ring (bicyclic) bond motifs is 2. The third kappa shape index (κ3) is 3.46. The number of ether oxygens (including phenoxy) is 1. The van der Waals surface area contributed by atoms with Gasteiger partial charge in [0, 0.05) is 25.2 Å². The molecule has 0 aromatic rings. The van der Waals surface area contributed by atoms with Gasteiger partial charge in [-0.05, 0) is 63.8 Å². The van der Waals surface area contributed by atoms with Crippen LogP contribution in [0.5, 0.6) is 0 Å². The molecule has 3 rings (SSSR count). The second kappa shape index (κ2) is 6.36. The Morgan fingerprint density at radius 3 is 2.61 bits per heavy atom. The fourth-order valence-electron chi connectivity index (χ4n) is 3.95. The van der Waals surface area contributed by atoms with Crippen LogP contribution in [0.2, 0.25) is 0 Å². The number of hydrogen-bond acceptors (Lipinski definition) is 3. The molecule has 18 heavy (non-hydrogen) atoms. The minimum atomic E-state index is 0.489. The molecule has 104 valence electrons. The Balaban J connectivity index is 1.28. The van der Waals surface area contributed by atoms with Crippen LogP contribution in [0.15, 0.2) is 0 Å². The molecule has 0 aliphatic carbocycles. The zero-order valence-corrected chi connectivity index (χ0v) is 11.5. The Hall–Kier alpha value is -0.120. The van der Waals surface area contributed by atoms with Crippen LogP contribution in [0.4, 0.5) is 0 Å². The molecule has 0 spiro atoms. The lowest BCUT2D eigenvalue weighted by molar-refractivity contribution is 0.0168. The van der Waals surface area contributed by atoms with E-state index in [2.05, 4.69) is 10.6 Å². The van der Waals surface area contributed by atoms with Gasteiger partial charge in [-0.3, -0.25) is 0 Å². The van der Waals surface area contributed by atoms with Gasteiger partial charge in [0.2, 0.25) is 0 Å². The van der Waals surface area contributed by atoms with Crippen molar-refractivity contribution < 1.29 is 4.74 Å². The highest BCUT2D eigenvalue weighted by Gasteiger charge is 2.32. The Morgan fingerprint density at radius 2 is 1.89 bits per heavy atom. The lowest BCUT2D eigenvalue weighted by Gasteiger charge is -2.29. The van der Waals surface area contributed by atoms with E-state index in [1.165, 1.54) is 57.9 Å². The van der Waals surface area contributed by atoms with Gasteiger partial charge in [0.25, 0.3) is 0 Å². The maximum absolute atomic E-state index is 5.74. The normalized spacial score (nSPS) is 40.0. The number of piperidine rings is 1. The quantitative estimate of drug-likeness (QED) is 0.735. The van der Waals surface area contributed by atoms with Gasteiger partial charge in [-0.25, -0.2) is 0 Å². The van der Waals surface area contributed by atoms with Crippen LogP contribution < -0.4 is 10.6 Å². The largest absolute Gasteiger partial charge is 0.377 e. The summed E-state index contributed by atoms with van der Waals surface area (Å²) in [5.41, 5.74) is 0. The molecular weight excluding hydrogens is 224 g/mol. The van der Waals surface area contributed by atoms with Gasteiger partial charge in [0.1, 0.15) is 0 Å². The lowest BCUT2D eigenvalue weighted by Crippen LogP contribution is -2.39. The molecule has 3 saturated heterocycles. The average molecular weight is 252 g/mol. The molecule has 3 aliphatic heterocycles. The molecule has 0 aromatic carbocycles. The van der Waals surface area contributed by atoms with E-state index in [-0.39, 0.29) is 0 Å². The molecule has 3 heteroatoms. The summed E-state index contributed by atoms with van der Waals surface area (Å²) in [5, 5.41) is 7.33. The van der Waals surface area contributed by atoms with Crippen molar-refractivity contribution in [1.82, 2.24) is 10.6 Å². The molecule has 3 fully saturated rings. The molecule has 3 aliphatic rings. The first-order valence-electron chi connectivity index (χ1n) is 7.98. The van der Waals surface area contributed by atoms with Crippen molar-refractivity contribution in [2.24, 2.45) is 5.92 Å². The third-order valence-electron chi connectivity index (χ3n) is 4.95. The molecule has 0 aromatic heterocycles. The highest BCUT2D eigenvalue weighted by Crippen LogP contribution is 2.32. The SMILES string of the molecule is C1CCC(CNCCC2CC3CCC(C2)N3)OC1. The fraction of sp³-hybridized carbons (Fsp3) is 1.00. The molecule has 3 nitrogen and oxygen atoms in total. The van der Waals surface area contributed by atoms with Crippen LogP contribution in [0, 0.1) is 5.92 Å². The van der Waals surface area contributed by atoms with Crippen molar-refractivity contribution in [3.63, 3.8) is 0 Å². The summed E-state index contributed by atoms with van der Waals surface area (Å²) in [4.78, 5) is 0. The first-order chi connectivity index (χ1) is 8.90. The standard InChI is InChI=1S/C15H28N2O/c1-2-8-18-15(3-1)11-16-7-6-12-9-13-4-5-14(10-12)17-13/h12-17H,1-11H2. The van der Waals surface area contributed by atoms with Gasteiger partial charge < -0.3 is 15.4 Å². The summed E-state index contributed by atoms with van der Waals surface area (Å²) in [7, 11) is 0. The van der Waals surface area contributed by atoms with Gasteiger partial charge in [0.05, 0.1) is 6.10 Å². The van der Waals surface area contributed by atoms with E-state index in [4.69, 9.17) is 4.74 Å². The van der Waals surface area contributed by atoms with Crippen LogP contribution in [-0.2, 0) is 4.74 Å². The molecule has 3 unspecified atom stereocenters. The lowest BCUT2D eigenvalue weighted by atomic mass is 9.90. The molecule has 0 amide bonds. The van der Waals surface area contributed by atoms with Crippen LogP contribution in [-0.4, -0.2) is 37.9 Å². The second-order valence-electron chi connectivity index (χ2n) is 6.46. The monoisotopic (exact) mass is 252 g/mol. The first-order valence-corrected chi connectivity index (χ1v) is 7.98. The molecule has 2 bridgehead atoms. The summed E-state index contributed by atoms with van der Waals surface area (Å²) < 4.78 is 5.74. The molecule has 0 saturated carbocycles. The van der Waals surface area contributed by atoms with E-state index < -0.39 is 0 Å². The highest BCUT2D eigenvalue weighted by atomic mass is 16.5. The first kappa shape index (κ1) is 12.9. The van der Waals surface area contributed by atoms with Crippen molar-refractivity contribution in [2.45, 2.75) is 69.6 Å². The van der Waals surface area contributed by atoms with Crippen molar-refractivity contribution in [3.8, 4) is 0 Å². The van der Waals surface area contributed by atoms with E-state index in [1.54, 1.807) is 0 Å². The Kier molecular flexibility index (Phi) is 4.55. The average Bonchev–Trinajstić information content (AvgIpc) is 2.75. The van der Waals surface area contributed by atoms with E-state index >= 15 is 0 Å². The maximum atomic E-state index is 5.74. The van der Waals surface area contributed by atoms with Gasteiger partial charge in [0.15, 0.2) is 0 Å². The van der Waals surface area contributed by atoms with Gasteiger partial charge in [-0.2, -0.15) is 0 Å². The fourth-order valence-corrected chi connectivity index (χ4v) is 3.95. The van der Waals surface area contributed by atoms with Gasteiger partial charge >= 0.3 is 0 Å². The van der Waals surface area contributed by atoms with Crippen molar-refractivity contribution in [3.05, 3.63) is 0 Å². The Bertz CT molecular complexity index is 241. The highest BCUT2D eigenvalue weighted by molar-refractivity contribution is 4.91. The smallest absolute Gasteiger partial charge is 0.0699 e. The molecule has 3 atom stereocenters. The Morgan fingerprint density at radius 1 is 1.06 bits per heavy atom. The van der Waals surface area contributed by atoms with Crippen molar-refractivity contribution >= 4 is 0 Å². The van der Waals surface area contributed by atoms with Crippen LogP contribution in [0.1, 0.15) is 51.4 Å². The minimum Gasteiger partial charge on any atom is -0.377 e. The van der Waals surface area contributed by atoms with Crippen LogP contribution >= 0.6 is 0 Å². The molecular formula is C15H28N2O. The summed E-state index contributed by atoms with van der Waals surface area (Å²) in [6.07, 6.45) is 11.4. The topological polar surface area (TPSA) is 33.3 Å². The summed E-state index contributed by atoms with van der Waals surface area (Å²) in [5.74, 6) is 0.962. The van der Waals surface area contributed by atoms with Gasteiger partial charge in [-0.1, -0.05) is 0 Å². The summed E-state index contributed by atoms with van der Waals surface area (Å²) >= 11 is 0.